The molecule has 0 bridgehead atoms. The standard InChI is InChI=1S/C31H53IO/c1-7-8-17-31(33-32)20-19-29(5)24(21-31)12-13-25-27-15-14-26(23(4)11-9-10-22(2)3)30(27,6)18-16-28(25)29/h7,22-28H,1,8-21H2,2-6H3/t23-,24+,25+,26-,27+,28+,29+,30-,31+/m1/s1. The summed E-state index contributed by atoms with van der Waals surface area (Å²) in [5.41, 5.74) is 1.28. The molecular formula is C31H53IO. The van der Waals surface area contributed by atoms with Gasteiger partial charge in [-0.3, -0.25) is 0 Å². The summed E-state index contributed by atoms with van der Waals surface area (Å²) in [6.07, 6.45) is 21.6. The van der Waals surface area contributed by atoms with E-state index in [-0.39, 0.29) is 5.60 Å². The summed E-state index contributed by atoms with van der Waals surface area (Å²) in [5.74, 6) is 6.59. The molecule has 1 nitrogen and oxygen atoms in total. The van der Waals surface area contributed by atoms with E-state index in [2.05, 4.69) is 70.3 Å². The van der Waals surface area contributed by atoms with Gasteiger partial charge in [0.1, 0.15) is 23.0 Å². The molecule has 0 radical (unpaired) electrons. The molecule has 0 aromatic rings. The monoisotopic (exact) mass is 568 g/mol. The lowest BCUT2D eigenvalue weighted by molar-refractivity contribution is -0.141. The normalized spacial score (nSPS) is 45.8. The Morgan fingerprint density at radius 3 is 2.39 bits per heavy atom. The van der Waals surface area contributed by atoms with Crippen LogP contribution in [0.3, 0.4) is 0 Å². The molecule has 4 aliphatic rings. The van der Waals surface area contributed by atoms with Crippen LogP contribution in [-0.2, 0) is 3.07 Å². The van der Waals surface area contributed by atoms with Crippen LogP contribution in [0.2, 0.25) is 0 Å². The van der Waals surface area contributed by atoms with Crippen molar-refractivity contribution in [1.82, 2.24) is 0 Å². The second-order valence-corrected chi connectivity index (χ2v) is 14.4. The fourth-order valence-electron chi connectivity index (χ4n) is 10.0. The van der Waals surface area contributed by atoms with Crippen LogP contribution in [0.5, 0.6) is 0 Å². The third-order valence-electron chi connectivity index (χ3n) is 12.0. The van der Waals surface area contributed by atoms with Crippen LogP contribution in [0.25, 0.3) is 0 Å². The molecule has 4 aliphatic carbocycles. The van der Waals surface area contributed by atoms with E-state index in [1.807, 2.05) is 0 Å². The number of hydrogen-bond donors (Lipinski definition) is 0. The first-order chi connectivity index (χ1) is 15.7. The van der Waals surface area contributed by atoms with E-state index in [4.69, 9.17) is 3.07 Å². The maximum Gasteiger partial charge on any atom is 0.110 e. The Labute approximate surface area is 220 Å². The van der Waals surface area contributed by atoms with Crippen LogP contribution >= 0.6 is 23.0 Å². The maximum absolute atomic E-state index is 6.21. The van der Waals surface area contributed by atoms with Crippen molar-refractivity contribution < 1.29 is 3.07 Å². The number of hydrogen-bond acceptors (Lipinski definition) is 1. The maximum atomic E-state index is 6.21. The third-order valence-corrected chi connectivity index (χ3v) is 12.9. The molecule has 9 atom stereocenters. The number of fused-ring (bicyclic) bond motifs is 5. The third kappa shape index (κ3) is 4.88. The minimum absolute atomic E-state index is 0.110. The van der Waals surface area contributed by atoms with Gasteiger partial charge in [0.15, 0.2) is 0 Å². The molecule has 0 spiro atoms. The predicted molar refractivity (Wildman–Crippen MR) is 150 cm³/mol. The molecule has 0 saturated heterocycles. The highest BCUT2D eigenvalue weighted by Crippen LogP contribution is 2.69. The lowest BCUT2D eigenvalue weighted by atomic mass is 9.43. The summed E-state index contributed by atoms with van der Waals surface area (Å²) < 4.78 is 6.21. The van der Waals surface area contributed by atoms with E-state index in [1.165, 1.54) is 77.0 Å². The zero-order valence-electron chi connectivity index (χ0n) is 22.5. The lowest BCUT2D eigenvalue weighted by Crippen LogP contribution is -2.56. The van der Waals surface area contributed by atoms with Crippen molar-refractivity contribution in [2.45, 2.75) is 130 Å². The van der Waals surface area contributed by atoms with Gasteiger partial charge in [0.05, 0.1) is 5.60 Å². The van der Waals surface area contributed by atoms with E-state index in [9.17, 15) is 0 Å². The molecule has 4 saturated carbocycles. The van der Waals surface area contributed by atoms with Gasteiger partial charge in [0.2, 0.25) is 0 Å². The van der Waals surface area contributed by atoms with Gasteiger partial charge in [0.25, 0.3) is 0 Å². The fourth-order valence-corrected chi connectivity index (χ4v) is 10.7. The van der Waals surface area contributed by atoms with Crippen molar-refractivity contribution in [3.8, 4) is 0 Å². The van der Waals surface area contributed by atoms with Crippen molar-refractivity contribution >= 4 is 23.0 Å². The average Bonchev–Trinajstić information content (AvgIpc) is 3.15. The highest BCUT2D eigenvalue weighted by atomic mass is 127. The molecule has 190 valence electrons. The molecule has 4 fully saturated rings. The molecule has 0 aromatic heterocycles. The van der Waals surface area contributed by atoms with Gasteiger partial charge in [-0.15, -0.1) is 6.58 Å². The topological polar surface area (TPSA) is 9.23 Å². The number of halogens is 1. The van der Waals surface area contributed by atoms with Crippen molar-refractivity contribution in [2.24, 2.45) is 52.3 Å². The Balaban J connectivity index is 1.45. The average molecular weight is 569 g/mol. The highest BCUT2D eigenvalue weighted by Gasteiger charge is 2.61. The molecule has 0 aliphatic heterocycles. The minimum atomic E-state index is 0.110. The van der Waals surface area contributed by atoms with E-state index in [0.29, 0.717) is 10.8 Å². The van der Waals surface area contributed by atoms with Gasteiger partial charge < -0.3 is 3.07 Å². The molecule has 0 N–H and O–H groups in total. The summed E-state index contributed by atoms with van der Waals surface area (Å²) in [6, 6.07) is 0. The van der Waals surface area contributed by atoms with Crippen LogP contribution in [-0.4, -0.2) is 5.60 Å². The van der Waals surface area contributed by atoms with Crippen LogP contribution < -0.4 is 0 Å². The number of rotatable bonds is 9. The van der Waals surface area contributed by atoms with Crippen molar-refractivity contribution in [1.29, 1.82) is 0 Å². The highest BCUT2D eigenvalue weighted by molar-refractivity contribution is 14.1. The molecule has 33 heavy (non-hydrogen) atoms. The Morgan fingerprint density at radius 2 is 1.70 bits per heavy atom. The second kappa shape index (κ2) is 10.4. The van der Waals surface area contributed by atoms with Gasteiger partial charge in [-0.2, -0.15) is 0 Å². The van der Waals surface area contributed by atoms with Crippen LogP contribution in [0, 0.1) is 52.3 Å². The Hall–Kier alpha value is 0.430. The molecule has 4 rings (SSSR count). The second-order valence-electron chi connectivity index (χ2n) is 14.0. The van der Waals surface area contributed by atoms with Gasteiger partial charge in [-0.25, -0.2) is 0 Å². The minimum Gasteiger partial charge on any atom is -0.309 e. The molecule has 0 unspecified atom stereocenters. The first kappa shape index (κ1) is 26.5. The van der Waals surface area contributed by atoms with Crippen molar-refractivity contribution in [2.75, 3.05) is 0 Å². The van der Waals surface area contributed by atoms with Crippen molar-refractivity contribution in [3.05, 3.63) is 12.7 Å². The fraction of sp³-hybridized carbons (Fsp3) is 0.935. The Bertz CT molecular complexity index is 674. The summed E-state index contributed by atoms with van der Waals surface area (Å²) in [4.78, 5) is 0. The van der Waals surface area contributed by atoms with Gasteiger partial charge in [-0.05, 0) is 123 Å². The molecule has 0 aromatic carbocycles. The van der Waals surface area contributed by atoms with Gasteiger partial charge >= 0.3 is 0 Å². The molecule has 0 heterocycles. The molecular weight excluding hydrogens is 515 g/mol. The van der Waals surface area contributed by atoms with Crippen LogP contribution in [0.4, 0.5) is 0 Å². The smallest absolute Gasteiger partial charge is 0.110 e. The van der Waals surface area contributed by atoms with Gasteiger partial charge in [-0.1, -0.05) is 60.0 Å². The summed E-state index contributed by atoms with van der Waals surface area (Å²) >= 11 is 2.21. The van der Waals surface area contributed by atoms with E-state index in [1.54, 1.807) is 0 Å². The lowest BCUT2D eigenvalue weighted by Gasteiger charge is -2.62. The SMILES string of the molecule is C=CCC[C@]1(OI)CC[C@@]2(C)[C@@H](CC[C@@H]3[C@@H]2CC[C@]2(C)[C@@H]([C@H](C)CCCC(C)C)CC[C@@H]32)C1. The Morgan fingerprint density at radius 1 is 0.939 bits per heavy atom. The zero-order chi connectivity index (χ0) is 23.9. The summed E-state index contributed by atoms with van der Waals surface area (Å²) in [5, 5.41) is 0. The first-order valence-electron chi connectivity index (χ1n) is 14.6. The zero-order valence-corrected chi connectivity index (χ0v) is 24.7. The van der Waals surface area contributed by atoms with Crippen LogP contribution in [0.15, 0.2) is 12.7 Å². The van der Waals surface area contributed by atoms with E-state index < -0.39 is 0 Å². The number of allylic oxidation sites excluding steroid dienone is 1. The van der Waals surface area contributed by atoms with Crippen LogP contribution in [0.1, 0.15) is 125 Å². The predicted octanol–water partition coefficient (Wildman–Crippen LogP) is 10.2. The molecule has 2 heteroatoms. The first-order valence-corrected chi connectivity index (χ1v) is 15.5. The van der Waals surface area contributed by atoms with E-state index >= 15 is 0 Å². The Kier molecular flexibility index (Phi) is 8.37. The van der Waals surface area contributed by atoms with Gasteiger partial charge in [0, 0.05) is 0 Å². The quantitative estimate of drug-likeness (QED) is 0.199. The molecule has 0 amide bonds. The largest absolute Gasteiger partial charge is 0.309 e. The van der Waals surface area contributed by atoms with Crippen molar-refractivity contribution in [3.63, 3.8) is 0 Å². The summed E-state index contributed by atoms with van der Waals surface area (Å²) in [7, 11) is 0. The van der Waals surface area contributed by atoms with E-state index in [0.717, 1.165) is 54.3 Å². The summed E-state index contributed by atoms with van der Waals surface area (Å²) in [6.45, 7) is 16.8.